The molecule has 23 heavy (non-hydrogen) atoms. The third-order valence-electron chi connectivity index (χ3n) is 3.56. The van der Waals surface area contributed by atoms with Crippen molar-refractivity contribution in [3.8, 4) is 0 Å². The van der Waals surface area contributed by atoms with Gasteiger partial charge in [-0.25, -0.2) is 4.39 Å². The number of rotatable bonds is 2. The largest absolute Gasteiger partial charge is 0.328 e. The van der Waals surface area contributed by atoms with Crippen LogP contribution in [0.5, 0.6) is 0 Å². The van der Waals surface area contributed by atoms with Gasteiger partial charge in [-0.3, -0.25) is 14.4 Å². The lowest BCUT2D eigenvalue weighted by molar-refractivity contribution is -0.215. The fourth-order valence-electron chi connectivity index (χ4n) is 2.33. The van der Waals surface area contributed by atoms with Crippen LogP contribution in [0.15, 0.2) is 54.6 Å². The van der Waals surface area contributed by atoms with Crippen LogP contribution >= 0.6 is 0 Å². The number of hydrogen-bond acceptors (Lipinski definition) is 3. The molecule has 2 unspecified atom stereocenters. The predicted molar refractivity (Wildman–Crippen MR) is 80.4 cm³/mol. The van der Waals surface area contributed by atoms with Crippen LogP contribution < -0.4 is 5.32 Å². The zero-order chi connectivity index (χ0) is 16.4. The number of nitrogens with one attached hydrogen (secondary N) is 1. The second kappa shape index (κ2) is 6.18. The first-order valence-corrected chi connectivity index (χ1v) is 7.17. The lowest BCUT2D eigenvalue weighted by Gasteiger charge is -2.37. The third-order valence-corrected chi connectivity index (χ3v) is 3.56. The Kier molecular flexibility index (Phi) is 4.08. The summed E-state index contributed by atoms with van der Waals surface area (Å²) in [6.07, 6.45) is -1.61. The van der Waals surface area contributed by atoms with Gasteiger partial charge in [-0.15, -0.1) is 0 Å². The number of amides is 2. The van der Waals surface area contributed by atoms with Crippen LogP contribution in [0.4, 0.5) is 4.39 Å². The summed E-state index contributed by atoms with van der Waals surface area (Å²) in [4.78, 5) is 30.1. The maximum Gasteiger partial charge on any atom is 0.279 e. The van der Waals surface area contributed by atoms with E-state index >= 15 is 0 Å². The second-order valence-electron chi connectivity index (χ2n) is 5.21. The summed E-state index contributed by atoms with van der Waals surface area (Å²) in [5.41, 5.74) is 0.985. The van der Waals surface area contributed by atoms with Gasteiger partial charge in [0.15, 0.2) is 12.3 Å². The third kappa shape index (κ3) is 3.07. The minimum Gasteiger partial charge on any atom is -0.328 e. The molecule has 1 fully saturated rings. The first-order valence-electron chi connectivity index (χ1n) is 7.17. The van der Waals surface area contributed by atoms with Gasteiger partial charge in [0.1, 0.15) is 5.82 Å². The van der Waals surface area contributed by atoms with Gasteiger partial charge < -0.3 is 5.32 Å². The Morgan fingerprint density at radius 1 is 1.13 bits per heavy atom. The summed E-state index contributed by atoms with van der Waals surface area (Å²) in [7, 11) is 0. The van der Waals surface area contributed by atoms with Crippen molar-refractivity contribution in [1.82, 2.24) is 10.4 Å². The van der Waals surface area contributed by atoms with E-state index in [2.05, 4.69) is 5.32 Å². The molecule has 5 nitrogen and oxygen atoms in total. The van der Waals surface area contributed by atoms with Crippen molar-refractivity contribution in [3.63, 3.8) is 0 Å². The zero-order valence-electron chi connectivity index (χ0n) is 12.4. The normalized spacial score (nSPS) is 21.0. The van der Waals surface area contributed by atoms with E-state index in [0.29, 0.717) is 11.1 Å². The average molecular weight is 314 g/mol. The molecule has 0 aromatic heterocycles. The van der Waals surface area contributed by atoms with Gasteiger partial charge in [-0.2, -0.15) is 5.06 Å². The molecule has 0 saturated carbocycles. The van der Waals surface area contributed by atoms with Crippen molar-refractivity contribution >= 4 is 11.8 Å². The van der Waals surface area contributed by atoms with E-state index in [9.17, 15) is 14.0 Å². The second-order valence-corrected chi connectivity index (χ2v) is 5.21. The van der Waals surface area contributed by atoms with E-state index in [0.717, 1.165) is 5.06 Å². The van der Waals surface area contributed by atoms with Gasteiger partial charge >= 0.3 is 0 Å². The molecule has 2 aromatic rings. The Bertz CT molecular complexity index is 718. The van der Waals surface area contributed by atoms with Crippen LogP contribution in [0, 0.1) is 5.82 Å². The molecule has 1 heterocycles. The molecule has 1 N–H and O–H groups in total. The molecule has 3 rings (SSSR count). The fraction of sp³-hybridized carbons (Fsp3) is 0.176. The van der Waals surface area contributed by atoms with Gasteiger partial charge in [0.05, 0.1) is 0 Å². The van der Waals surface area contributed by atoms with Crippen LogP contribution in [0.2, 0.25) is 0 Å². The van der Waals surface area contributed by atoms with E-state index in [-0.39, 0.29) is 11.8 Å². The van der Waals surface area contributed by atoms with Crippen LogP contribution in [0.3, 0.4) is 0 Å². The van der Waals surface area contributed by atoms with E-state index in [1.54, 1.807) is 37.3 Å². The minimum absolute atomic E-state index is 0.337. The summed E-state index contributed by atoms with van der Waals surface area (Å²) in [5, 5.41) is 3.84. The van der Waals surface area contributed by atoms with Crippen LogP contribution in [0.25, 0.3) is 0 Å². The highest BCUT2D eigenvalue weighted by Crippen LogP contribution is 2.25. The van der Waals surface area contributed by atoms with Gasteiger partial charge in [-0.05, 0) is 36.8 Å². The van der Waals surface area contributed by atoms with E-state index in [1.165, 1.54) is 24.3 Å². The van der Waals surface area contributed by atoms with Crippen molar-refractivity contribution in [3.05, 3.63) is 71.5 Å². The van der Waals surface area contributed by atoms with E-state index in [4.69, 9.17) is 4.84 Å². The molecule has 1 saturated heterocycles. The van der Waals surface area contributed by atoms with E-state index < -0.39 is 18.1 Å². The number of halogens is 1. The topological polar surface area (TPSA) is 58.6 Å². The molecule has 6 heteroatoms. The summed E-state index contributed by atoms with van der Waals surface area (Å²) in [6, 6.07) is 14.2. The summed E-state index contributed by atoms with van der Waals surface area (Å²) >= 11 is 0. The molecule has 1 aliphatic rings. The Morgan fingerprint density at radius 3 is 2.43 bits per heavy atom. The molecule has 2 atom stereocenters. The first-order chi connectivity index (χ1) is 11.1. The highest BCUT2D eigenvalue weighted by molar-refractivity contribution is 5.94. The first kappa shape index (κ1) is 15.2. The average Bonchev–Trinajstić information content (AvgIpc) is 2.58. The Hall–Kier alpha value is -2.73. The summed E-state index contributed by atoms with van der Waals surface area (Å²) in [6.45, 7) is 1.56. The number of nitrogens with zero attached hydrogens (tertiary/aromatic N) is 1. The van der Waals surface area contributed by atoms with Crippen molar-refractivity contribution in [2.45, 2.75) is 19.2 Å². The Labute approximate surface area is 132 Å². The minimum atomic E-state index is -0.813. The van der Waals surface area contributed by atoms with Gasteiger partial charge in [0, 0.05) is 5.56 Å². The fourth-order valence-corrected chi connectivity index (χ4v) is 2.33. The number of hydrogen-bond donors (Lipinski definition) is 1. The SMILES string of the molecule is CC1ON(C(=O)c2ccccc2)C(c2ccc(F)cc2)NC1=O. The standard InChI is InChI=1S/C17H15FN2O3/c1-11-16(21)19-15(12-7-9-14(18)10-8-12)20(23-11)17(22)13-5-3-2-4-6-13/h2-11,15H,1H3,(H,19,21). The van der Waals surface area contributed by atoms with Crippen molar-refractivity contribution in [2.75, 3.05) is 0 Å². The Morgan fingerprint density at radius 2 is 1.78 bits per heavy atom. The zero-order valence-corrected chi connectivity index (χ0v) is 12.4. The molecule has 0 bridgehead atoms. The highest BCUT2D eigenvalue weighted by atomic mass is 19.1. The molecule has 2 aromatic carbocycles. The molecular formula is C17H15FN2O3. The van der Waals surface area contributed by atoms with Crippen LogP contribution in [0.1, 0.15) is 29.0 Å². The quantitative estimate of drug-likeness (QED) is 0.926. The lowest BCUT2D eigenvalue weighted by Crippen LogP contribution is -2.55. The smallest absolute Gasteiger partial charge is 0.279 e. The number of benzene rings is 2. The maximum atomic E-state index is 13.1. The maximum absolute atomic E-state index is 13.1. The van der Waals surface area contributed by atoms with E-state index in [1.807, 2.05) is 0 Å². The van der Waals surface area contributed by atoms with Gasteiger partial charge in [0.25, 0.3) is 11.8 Å². The lowest BCUT2D eigenvalue weighted by atomic mass is 10.1. The highest BCUT2D eigenvalue weighted by Gasteiger charge is 2.37. The number of carbonyl (C=O) groups is 2. The number of hydroxylamine groups is 2. The monoisotopic (exact) mass is 314 g/mol. The van der Waals surface area contributed by atoms with Crippen LogP contribution in [-0.2, 0) is 9.63 Å². The van der Waals surface area contributed by atoms with Crippen molar-refractivity contribution in [2.24, 2.45) is 0 Å². The summed E-state index contributed by atoms with van der Waals surface area (Å²) < 4.78 is 13.1. The van der Waals surface area contributed by atoms with Crippen molar-refractivity contribution < 1.29 is 18.8 Å². The molecular weight excluding hydrogens is 299 g/mol. The molecule has 0 radical (unpaired) electrons. The number of carbonyl (C=O) groups excluding carboxylic acids is 2. The predicted octanol–water partition coefficient (Wildman–Crippen LogP) is 2.42. The molecule has 0 spiro atoms. The molecule has 2 amide bonds. The van der Waals surface area contributed by atoms with Crippen LogP contribution in [-0.4, -0.2) is 23.0 Å². The molecule has 1 aliphatic heterocycles. The van der Waals surface area contributed by atoms with Gasteiger partial charge in [0.2, 0.25) is 0 Å². The Balaban J connectivity index is 1.95. The van der Waals surface area contributed by atoms with Crippen molar-refractivity contribution in [1.29, 1.82) is 0 Å². The van der Waals surface area contributed by atoms with Gasteiger partial charge in [-0.1, -0.05) is 30.3 Å². The molecule has 118 valence electrons. The molecule has 0 aliphatic carbocycles. The summed E-state index contributed by atoms with van der Waals surface area (Å²) in [5.74, 6) is -1.12.